The summed E-state index contributed by atoms with van der Waals surface area (Å²) in [6.07, 6.45) is 7.12. The molecule has 20 heavy (non-hydrogen) atoms. The summed E-state index contributed by atoms with van der Waals surface area (Å²) in [5.41, 5.74) is 1.55. The van der Waals surface area contributed by atoms with E-state index in [-0.39, 0.29) is 0 Å². The van der Waals surface area contributed by atoms with Gasteiger partial charge in [-0.25, -0.2) is 13.1 Å². The summed E-state index contributed by atoms with van der Waals surface area (Å²) in [6, 6.07) is 2.70. The Morgan fingerprint density at radius 1 is 1.30 bits per heavy atom. The number of sulfonamides is 1. The van der Waals surface area contributed by atoms with E-state index in [4.69, 9.17) is 0 Å². The molecular weight excluding hydrogens is 292 g/mol. The van der Waals surface area contributed by atoms with Crippen molar-refractivity contribution in [2.24, 2.45) is 0 Å². The lowest BCUT2D eigenvalue weighted by Crippen LogP contribution is -2.27. The molecule has 1 heterocycles. The Bertz CT molecular complexity index is 514. The van der Waals surface area contributed by atoms with Crippen molar-refractivity contribution in [1.82, 2.24) is 10.0 Å². The minimum absolute atomic E-state index is 0.351. The van der Waals surface area contributed by atoms with E-state index in [1.165, 1.54) is 36.8 Å². The van der Waals surface area contributed by atoms with Crippen LogP contribution in [0.3, 0.4) is 0 Å². The lowest BCUT2D eigenvalue weighted by Gasteiger charge is -2.12. The Balaban J connectivity index is 1.74. The zero-order valence-electron chi connectivity index (χ0n) is 12.2. The van der Waals surface area contributed by atoms with Crippen LogP contribution in [0.15, 0.2) is 6.07 Å². The van der Waals surface area contributed by atoms with Gasteiger partial charge in [-0.3, -0.25) is 0 Å². The molecule has 4 nitrogen and oxygen atoms in total. The maximum atomic E-state index is 10.9. The van der Waals surface area contributed by atoms with E-state index < -0.39 is 10.0 Å². The number of fused-ring (bicyclic) bond motifs is 1. The van der Waals surface area contributed by atoms with Crippen molar-refractivity contribution in [3.63, 3.8) is 0 Å². The molecule has 1 aromatic rings. The van der Waals surface area contributed by atoms with Crippen LogP contribution in [0.25, 0.3) is 0 Å². The second-order valence-electron chi connectivity index (χ2n) is 5.50. The Kier molecular flexibility index (Phi) is 5.60. The van der Waals surface area contributed by atoms with E-state index in [2.05, 4.69) is 23.0 Å². The molecule has 1 atom stereocenters. The SMILES string of the molecule is CC(NCCCNS(C)(=O)=O)c1cc2c(s1)CCCC2. The molecule has 1 aliphatic carbocycles. The molecule has 0 bridgehead atoms. The second-order valence-corrected chi connectivity index (χ2v) is 8.50. The lowest BCUT2D eigenvalue weighted by atomic mass is 9.99. The van der Waals surface area contributed by atoms with Crippen LogP contribution in [0.5, 0.6) is 0 Å². The zero-order chi connectivity index (χ0) is 14.6. The monoisotopic (exact) mass is 316 g/mol. The van der Waals surface area contributed by atoms with Crippen molar-refractivity contribution in [2.45, 2.75) is 45.1 Å². The average molecular weight is 316 g/mol. The van der Waals surface area contributed by atoms with E-state index in [1.807, 2.05) is 11.3 Å². The molecule has 0 saturated carbocycles. The highest BCUT2D eigenvalue weighted by Crippen LogP contribution is 2.32. The third-order valence-corrected chi connectivity index (χ3v) is 5.76. The second kappa shape index (κ2) is 7.02. The molecule has 6 heteroatoms. The van der Waals surface area contributed by atoms with Crippen LogP contribution in [0, 0.1) is 0 Å². The number of hydrogen-bond donors (Lipinski definition) is 2. The van der Waals surface area contributed by atoms with Gasteiger partial charge in [-0.2, -0.15) is 0 Å². The summed E-state index contributed by atoms with van der Waals surface area (Å²) < 4.78 is 24.4. The van der Waals surface area contributed by atoms with Crippen LogP contribution in [-0.4, -0.2) is 27.8 Å². The first kappa shape index (κ1) is 15.9. The van der Waals surface area contributed by atoms with Crippen molar-refractivity contribution in [3.8, 4) is 0 Å². The smallest absolute Gasteiger partial charge is 0.208 e. The normalized spacial score (nSPS) is 16.9. The highest BCUT2D eigenvalue weighted by atomic mass is 32.2. The summed E-state index contributed by atoms with van der Waals surface area (Å²) in [5.74, 6) is 0. The fourth-order valence-electron chi connectivity index (χ4n) is 2.49. The molecule has 0 radical (unpaired) electrons. The standard InChI is InChI=1S/C14H24N2O2S2/c1-11(15-8-5-9-16-20(2,17)18)14-10-12-6-3-4-7-13(12)19-14/h10-11,15-16H,3-9H2,1-2H3. The van der Waals surface area contributed by atoms with Crippen molar-refractivity contribution >= 4 is 21.4 Å². The van der Waals surface area contributed by atoms with Crippen LogP contribution >= 0.6 is 11.3 Å². The molecule has 0 aromatic carbocycles. The van der Waals surface area contributed by atoms with E-state index in [9.17, 15) is 8.42 Å². The van der Waals surface area contributed by atoms with Crippen LogP contribution in [0.4, 0.5) is 0 Å². The maximum absolute atomic E-state index is 10.9. The van der Waals surface area contributed by atoms with Gasteiger partial charge >= 0.3 is 0 Å². The molecule has 0 spiro atoms. The molecule has 0 saturated heterocycles. The minimum Gasteiger partial charge on any atom is -0.309 e. The van der Waals surface area contributed by atoms with Gasteiger partial charge in [-0.1, -0.05) is 0 Å². The van der Waals surface area contributed by atoms with Crippen LogP contribution in [0.2, 0.25) is 0 Å². The Labute approximate surface area is 126 Å². The average Bonchev–Trinajstić information content (AvgIpc) is 2.80. The minimum atomic E-state index is -3.05. The van der Waals surface area contributed by atoms with E-state index >= 15 is 0 Å². The van der Waals surface area contributed by atoms with Crippen LogP contribution in [-0.2, 0) is 22.9 Å². The van der Waals surface area contributed by atoms with Crippen LogP contribution < -0.4 is 10.0 Å². The van der Waals surface area contributed by atoms with Gasteiger partial charge in [0.2, 0.25) is 10.0 Å². The van der Waals surface area contributed by atoms with Gasteiger partial charge in [0.25, 0.3) is 0 Å². The molecule has 0 amide bonds. The lowest BCUT2D eigenvalue weighted by molar-refractivity contribution is 0.553. The van der Waals surface area contributed by atoms with Gasteiger partial charge in [0.1, 0.15) is 0 Å². The van der Waals surface area contributed by atoms with E-state index in [0.717, 1.165) is 13.0 Å². The third-order valence-electron chi connectivity index (χ3n) is 3.61. The van der Waals surface area contributed by atoms with Crippen molar-refractivity contribution < 1.29 is 8.42 Å². The van der Waals surface area contributed by atoms with Gasteiger partial charge in [0.15, 0.2) is 0 Å². The highest BCUT2D eigenvalue weighted by Gasteiger charge is 2.16. The summed E-state index contributed by atoms with van der Waals surface area (Å²) in [7, 11) is -3.05. The van der Waals surface area contributed by atoms with E-state index in [1.54, 1.807) is 10.4 Å². The van der Waals surface area contributed by atoms with Crippen molar-refractivity contribution in [1.29, 1.82) is 0 Å². The summed E-state index contributed by atoms with van der Waals surface area (Å²) >= 11 is 1.94. The maximum Gasteiger partial charge on any atom is 0.208 e. The molecule has 1 unspecified atom stereocenters. The number of hydrogen-bond acceptors (Lipinski definition) is 4. The molecule has 114 valence electrons. The molecule has 1 aromatic heterocycles. The molecule has 0 fully saturated rings. The van der Waals surface area contributed by atoms with Gasteiger partial charge in [0, 0.05) is 22.3 Å². The Hall–Kier alpha value is -0.430. The topological polar surface area (TPSA) is 58.2 Å². The van der Waals surface area contributed by atoms with E-state index in [0.29, 0.717) is 12.6 Å². The first-order chi connectivity index (χ1) is 9.46. The molecule has 2 rings (SSSR count). The zero-order valence-corrected chi connectivity index (χ0v) is 13.9. The first-order valence-electron chi connectivity index (χ1n) is 7.25. The van der Waals surface area contributed by atoms with Gasteiger partial charge in [-0.05, 0) is 57.2 Å². The summed E-state index contributed by atoms with van der Waals surface area (Å²) in [6.45, 7) is 3.51. The number of thiophene rings is 1. The molecular formula is C14H24N2O2S2. The van der Waals surface area contributed by atoms with Gasteiger partial charge in [0.05, 0.1) is 6.26 Å². The Morgan fingerprint density at radius 2 is 2.05 bits per heavy atom. The number of rotatable bonds is 7. The van der Waals surface area contributed by atoms with Crippen molar-refractivity contribution in [3.05, 3.63) is 21.4 Å². The quantitative estimate of drug-likeness (QED) is 0.758. The fourth-order valence-corrected chi connectivity index (χ4v) is 4.29. The largest absolute Gasteiger partial charge is 0.309 e. The fraction of sp³-hybridized carbons (Fsp3) is 0.714. The van der Waals surface area contributed by atoms with Gasteiger partial charge in [-0.15, -0.1) is 11.3 Å². The number of nitrogens with one attached hydrogen (secondary N) is 2. The number of aryl methyl sites for hydroxylation is 2. The molecule has 0 aliphatic heterocycles. The van der Waals surface area contributed by atoms with Crippen LogP contribution in [0.1, 0.15) is 47.5 Å². The third kappa shape index (κ3) is 4.84. The Morgan fingerprint density at radius 3 is 2.75 bits per heavy atom. The highest BCUT2D eigenvalue weighted by molar-refractivity contribution is 7.88. The summed E-state index contributed by atoms with van der Waals surface area (Å²) in [5, 5.41) is 3.47. The first-order valence-corrected chi connectivity index (χ1v) is 9.96. The summed E-state index contributed by atoms with van der Waals surface area (Å²) in [4.78, 5) is 2.98. The molecule has 2 N–H and O–H groups in total. The molecule has 1 aliphatic rings. The predicted octanol–water partition coefficient (Wildman–Crippen LogP) is 2.22. The predicted molar refractivity (Wildman–Crippen MR) is 84.8 cm³/mol. The van der Waals surface area contributed by atoms with Gasteiger partial charge < -0.3 is 5.32 Å². The van der Waals surface area contributed by atoms with Crippen molar-refractivity contribution in [2.75, 3.05) is 19.3 Å².